The molecule has 140 valence electrons. The predicted octanol–water partition coefficient (Wildman–Crippen LogP) is 4.17. The summed E-state index contributed by atoms with van der Waals surface area (Å²) < 4.78 is 5.50. The molecule has 1 aromatic carbocycles. The lowest BCUT2D eigenvalue weighted by atomic mass is 10.0. The maximum absolute atomic E-state index is 10.2. The van der Waals surface area contributed by atoms with E-state index in [1.54, 1.807) is 7.11 Å². The number of para-hydroxylation sites is 2. The van der Waals surface area contributed by atoms with Crippen molar-refractivity contribution in [3.63, 3.8) is 0 Å². The minimum absolute atomic E-state index is 0.428. The van der Waals surface area contributed by atoms with Crippen molar-refractivity contribution in [3.05, 3.63) is 59.4 Å². The van der Waals surface area contributed by atoms with E-state index in [4.69, 9.17) is 4.74 Å². The lowest BCUT2D eigenvalue weighted by molar-refractivity contribution is 0.273. The van der Waals surface area contributed by atoms with Crippen LogP contribution in [0.15, 0.2) is 59.4 Å². The first kappa shape index (κ1) is 18.6. The van der Waals surface area contributed by atoms with Crippen LogP contribution in [0.1, 0.15) is 20.3 Å². The van der Waals surface area contributed by atoms with E-state index in [-0.39, 0.29) is 0 Å². The van der Waals surface area contributed by atoms with Gasteiger partial charge < -0.3 is 14.7 Å². The number of aliphatic hydroxyl groups is 1. The van der Waals surface area contributed by atoms with Crippen molar-refractivity contribution in [1.82, 2.24) is 4.90 Å². The summed E-state index contributed by atoms with van der Waals surface area (Å²) in [5, 5.41) is 10.2. The highest BCUT2D eigenvalue weighted by Gasteiger charge is 2.20. The van der Waals surface area contributed by atoms with Crippen LogP contribution < -0.4 is 9.64 Å². The number of hydrogen-bond donors (Lipinski definition) is 1. The number of hydrogen-bond acceptors (Lipinski definition) is 4. The lowest BCUT2D eigenvalue weighted by Gasteiger charge is -2.37. The average Bonchev–Trinajstić information content (AvgIpc) is 2.83. The Labute approximate surface area is 157 Å². The van der Waals surface area contributed by atoms with Crippen LogP contribution in [0.25, 0.3) is 0 Å². The molecule has 1 heterocycles. The van der Waals surface area contributed by atoms with E-state index in [1.807, 2.05) is 18.2 Å². The second kappa shape index (κ2) is 8.45. The summed E-state index contributed by atoms with van der Waals surface area (Å²) in [6.45, 7) is 9.24. The predicted molar refractivity (Wildman–Crippen MR) is 108 cm³/mol. The largest absolute Gasteiger partial charge is 0.512 e. The minimum atomic E-state index is 0.428. The van der Waals surface area contributed by atoms with Gasteiger partial charge in [0.05, 0.1) is 18.6 Å². The third-order valence-corrected chi connectivity index (χ3v) is 5.14. The van der Waals surface area contributed by atoms with E-state index in [1.165, 1.54) is 16.8 Å². The van der Waals surface area contributed by atoms with Gasteiger partial charge >= 0.3 is 0 Å². The number of anilines is 1. The van der Waals surface area contributed by atoms with Crippen molar-refractivity contribution in [2.75, 3.05) is 44.7 Å². The molecule has 0 bridgehead atoms. The summed E-state index contributed by atoms with van der Waals surface area (Å²) in [5.41, 5.74) is 3.65. The van der Waals surface area contributed by atoms with Crippen LogP contribution in [0.4, 0.5) is 5.69 Å². The molecule has 0 aromatic heterocycles. The Bertz CT molecular complexity index is 711. The van der Waals surface area contributed by atoms with Gasteiger partial charge in [-0.1, -0.05) is 38.1 Å². The Morgan fingerprint density at radius 2 is 1.81 bits per heavy atom. The van der Waals surface area contributed by atoms with Crippen molar-refractivity contribution in [2.45, 2.75) is 20.3 Å². The molecule has 0 unspecified atom stereocenters. The van der Waals surface area contributed by atoms with Crippen molar-refractivity contribution < 1.29 is 9.84 Å². The molecule has 1 fully saturated rings. The van der Waals surface area contributed by atoms with Crippen LogP contribution in [0.5, 0.6) is 5.75 Å². The molecule has 1 saturated heterocycles. The summed E-state index contributed by atoms with van der Waals surface area (Å²) >= 11 is 0. The second-order valence-electron chi connectivity index (χ2n) is 7.39. The van der Waals surface area contributed by atoms with Gasteiger partial charge in [-0.15, -0.1) is 0 Å². The normalized spacial score (nSPS) is 18.9. The van der Waals surface area contributed by atoms with Crippen molar-refractivity contribution in [1.29, 1.82) is 0 Å². The fourth-order valence-corrected chi connectivity index (χ4v) is 3.59. The quantitative estimate of drug-likeness (QED) is 0.861. The monoisotopic (exact) mass is 354 g/mol. The van der Waals surface area contributed by atoms with Crippen molar-refractivity contribution in [2.24, 2.45) is 5.92 Å². The zero-order valence-electron chi connectivity index (χ0n) is 16.1. The molecule has 0 saturated carbocycles. The van der Waals surface area contributed by atoms with Crippen LogP contribution in [0, 0.1) is 5.92 Å². The Balaban J connectivity index is 1.60. The minimum Gasteiger partial charge on any atom is -0.512 e. The van der Waals surface area contributed by atoms with Gasteiger partial charge in [-0.2, -0.15) is 0 Å². The van der Waals surface area contributed by atoms with Crippen LogP contribution in [-0.2, 0) is 0 Å². The molecule has 0 amide bonds. The molecular weight excluding hydrogens is 324 g/mol. The van der Waals surface area contributed by atoms with Gasteiger partial charge in [-0.3, -0.25) is 4.90 Å². The Kier molecular flexibility index (Phi) is 6.04. The zero-order chi connectivity index (χ0) is 18.5. The lowest BCUT2D eigenvalue weighted by Crippen LogP contribution is -2.47. The SMILES string of the molecule is COc1ccccc1N1CCN(CC2=CC=C(C(C)C)C=C(O)C2)CC1. The number of benzene rings is 1. The third-order valence-electron chi connectivity index (χ3n) is 5.14. The van der Waals surface area contributed by atoms with Crippen LogP contribution in [0.2, 0.25) is 0 Å². The van der Waals surface area contributed by atoms with Crippen molar-refractivity contribution >= 4 is 5.69 Å². The maximum atomic E-state index is 10.2. The van der Waals surface area contributed by atoms with Gasteiger partial charge in [0.2, 0.25) is 0 Å². The second-order valence-corrected chi connectivity index (χ2v) is 7.39. The van der Waals surface area contributed by atoms with E-state index in [2.05, 4.69) is 47.9 Å². The number of aliphatic hydroxyl groups excluding tert-OH is 1. The van der Waals surface area contributed by atoms with E-state index in [0.29, 0.717) is 18.1 Å². The van der Waals surface area contributed by atoms with Crippen molar-refractivity contribution in [3.8, 4) is 5.75 Å². The highest BCUT2D eigenvalue weighted by molar-refractivity contribution is 5.58. The summed E-state index contributed by atoms with van der Waals surface area (Å²) in [6.07, 6.45) is 6.93. The molecule has 0 atom stereocenters. The standard InChI is InChI=1S/C22H30N2O2/c1-17(2)19-9-8-18(14-20(25)15-19)16-23-10-12-24(13-11-23)21-6-4-5-7-22(21)26-3/h4-9,15,17,25H,10-14,16H2,1-3H3. The first-order valence-corrected chi connectivity index (χ1v) is 9.46. The molecule has 2 aliphatic rings. The fourth-order valence-electron chi connectivity index (χ4n) is 3.59. The average molecular weight is 354 g/mol. The van der Waals surface area contributed by atoms with E-state index < -0.39 is 0 Å². The molecule has 4 nitrogen and oxygen atoms in total. The molecule has 1 aliphatic carbocycles. The Morgan fingerprint density at radius 3 is 2.50 bits per heavy atom. The Morgan fingerprint density at radius 1 is 1.08 bits per heavy atom. The highest BCUT2D eigenvalue weighted by atomic mass is 16.5. The van der Waals surface area contributed by atoms with Crippen LogP contribution in [0.3, 0.4) is 0 Å². The number of allylic oxidation sites excluding steroid dienone is 5. The molecule has 0 spiro atoms. The molecule has 1 aromatic rings. The molecule has 1 aliphatic heterocycles. The van der Waals surface area contributed by atoms with E-state index in [0.717, 1.165) is 38.5 Å². The molecular formula is C22H30N2O2. The summed E-state index contributed by atoms with van der Waals surface area (Å²) in [7, 11) is 1.73. The highest BCUT2D eigenvalue weighted by Crippen LogP contribution is 2.28. The summed E-state index contributed by atoms with van der Waals surface area (Å²) in [5.74, 6) is 1.84. The molecule has 4 heteroatoms. The van der Waals surface area contributed by atoms with Gasteiger partial charge in [-0.25, -0.2) is 0 Å². The number of piperazine rings is 1. The van der Waals surface area contributed by atoms with Gasteiger partial charge in [-0.05, 0) is 35.3 Å². The van der Waals surface area contributed by atoms with E-state index in [9.17, 15) is 5.11 Å². The van der Waals surface area contributed by atoms with Crippen LogP contribution in [-0.4, -0.2) is 49.8 Å². The number of nitrogens with zero attached hydrogens (tertiary/aromatic N) is 2. The number of ether oxygens (including phenoxy) is 1. The van der Waals surface area contributed by atoms with Gasteiger partial charge in [0, 0.05) is 39.1 Å². The molecule has 26 heavy (non-hydrogen) atoms. The topological polar surface area (TPSA) is 35.9 Å². The third kappa shape index (κ3) is 4.50. The summed E-state index contributed by atoms with van der Waals surface area (Å²) in [4.78, 5) is 4.87. The maximum Gasteiger partial charge on any atom is 0.142 e. The van der Waals surface area contributed by atoms with E-state index >= 15 is 0 Å². The molecule has 0 radical (unpaired) electrons. The first-order valence-electron chi connectivity index (χ1n) is 9.46. The summed E-state index contributed by atoms with van der Waals surface area (Å²) in [6, 6.07) is 8.22. The Hall–Kier alpha value is -2.20. The smallest absolute Gasteiger partial charge is 0.142 e. The number of rotatable bonds is 5. The molecule has 3 rings (SSSR count). The van der Waals surface area contributed by atoms with Gasteiger partial charge in [0.15, 0.2) is 0 Å². The van der Waals surface area contributed by atoms with Crippen LogP contribution >= 0.6 is 0 Å². The van der Waals surface area contributed by atoms with Gasteiger partial charge in [0.25, 0.3) is 0 Å². The first-order chi connectivity index (χ1) is 12.6. The fraction of sp³-hybridized carbons (Fsp3) is 0.455. The van der Waals surface area contributed by atoms with Gasteiger partial charge in [0.1, 0.15) is 5.75 Å². The number of methoxy groups -OCH3 is 1. The molecule has 1 N–H and O–H groups in total. The zero-order valence-corrected chi connectivity index (χ0v) is 16.1.